The minimum absolute atomic E-state index is 0.0575. The molecule has 6 nitrogen and oxygen atoms in total. The lowest BCUT2D eigenvalue weighted by atomic mass is 10.3. The highest BCUT2D eigenvalue weighted by atomic mass is 35.7. The van der Waals surface area contributed by atoms with Crippen LogP contribution in [0.4, 0.5) is 0 Å². The van der Waals surface area contributed by atoms with Gasteiger partial charge in [-0.25, -0.2) is 13.4 Å². The number of aryl methyl sites for hydroxylation is 1. The van der Waals surface area contributed by atoms with Crippen molar-refractivity contribution in [1.29, 1.82) is 0 Å². The van der Waals surface area contributed by atoms with Gasteiger partial charge in [-0.3, -0.25) is 4.68 Å². The van der Waals surface area contributed by atoms with Crippen LogP contribution < -0.4 is 4.74 Å². The van der Waals surface area contributed by atoms with Crippen molar-refractivity contribution in [3.8, 4) is 5.88 Å². The van der Waals surface area contributed by atoms with Crippen molar-refractivity contribution in [3.63, 3.8) is 0 Å². The number of aromatic nitrogens is 3. The largest absolute Gasteiger partial charge is 0.481 e. The zero-order valence-electron chi connectivity index (χ0n) is 11.3. The Labute approximate surface area is 121 Å². The molecule has 2 aromatic heterocycles. The van der Waals surface area contributed by atoms with Crippen LogP contribution in [0.1, 0.15) is 17.1 Å². The molecule has 0 atom stereocenters. The van der Waals surface area contributed by atoms with Gasteiger partial charge in [0.15, 0.2) is 0 Å². The predicted molar refractivity (Wildman–Crippen MR) is 74.6 cm³/mol. The van der Waals surface area contributed by atoms with E-state index in [1.807, 2.05) is 12.1 Å². The first-order valence-corrected chi connectivity index (χ1v) is 8.12. The summed E-state index contributed by atoms with van der Waals surface area (Å²) in [7, 11) is 3.15. The second-order valence-electron chi connectivity index (χ2n) is 4.27. The predicted octanol–water partition coefficient (Wildman–Crippen LogP) is 1.88. The van der Waals surface area contributed by atoms with Gasteiger partial charge in [0.25, 0.3) is 9.05 Å². The molecular formula is C12H14ClN3O3S. The van der Waals surface area contributed by atoms with Crippen molar-refractivity contribution in [2.24, 2.45) is 0 Å². The summed E-state index contributed by atoms with van der Waals surface area (Å²) >= 11 is 0. The molecular weight excluding hydrogens is 302 g/mol. The molecule has 0 aliphatic rings. The van der Waals surface area contributed by atoms with Crippen LogP contribution in [0.25, 0.3) is 0 Å². The molecule has 0 saturated heterocycles. The lowest BCUT2D eigenvalue weighted by Crippen LogP contribution is -2.06. The van der Waals surface area contributed by atoms with E-state index >= 15 is 0 Å². The Morgan fingerprint density at radius 3 is 2.60 bits per heavy atom. The summed E-state index contributed by atoms with van der Waals surface area (Å²) in [4.78, 5) is 4.32. The van der Waals surface area contributed by atoms with Gasteiger partial charge in [-0.15, -0.1) is 0 Å². The van der Waals surface area contributed by atoms with Gasteiger partial charge in [-0.1, -0.05) is 6.07 Å². The van der Waals surface area contributed by atoms with Gasteiger partial charge in [0.05, 0.1) is 30.7 Å². The summed E-state index contributed by atoms with van der Waals surface area (Å²) < 4.78 is 29.6. The van der Waals surface area contributed by atoms with E-state index < -0.39 is 9.05 Å². The summed E-state index contributed by atoms with van der Waals surface area (Å²) in [6.45, 7) is 3.61. The third-order valence-electron chi connectivity index (χ3n) is 2.86. The summed E-state index contributed by atoms with van der Waals surface area (Å²) in [6.07, 6.45) is 0. The van der Waals surface area contributed by atoms with Crippen LogP contribution in [-0.2, 0) is 15.6 Å². The Morgan fingerprint density at radius 2 is 2.05 bits per heavy atom. The summed E-state index contributed by atoms with van der Waals surface area (Å²) in [6, 6.07) is 5.36. The number of methoxy groups -OCH3 is 1. The van der Waals surface area contributed by atoms with E-state index in [0.29, 0.717) is 29.5 Å². The molecule has 0 N–H and O–H groups in total. The number of rotatable bonds is 4. The molecule has 0 saturated carbocycles. The van der Waals surface area contributed by atoms with Crippen LogP contribution in [-0.4, -0.2) is 30.3 Å². The maximum absolute atomic E-state index is 11.5. The molecule has 108 valence electrons. The Morgan fingerprint density at radius 1 is 1.35 bits per heavy atom. The van der Waals surface area contributed by atoms with Crippen molar-refractivity contribution < 1.29 is 13.2 Å². The Bertz CT molecular complexity index is 740. The molecule has 2 heterocycles. The first kappa shape index (κ1) is 14.8. The Balaban J connectivity index is 2.40. The zero-order chi connectivity index (χ0) is 14.9. The smallest absolute Gasteiger partial charge is 0.264 e. The van der Waals surface area contributed by atoms with Gasteiger partial charge >= 0.3 is 0 Å². The molecule has 0 bridgehead atoms. The lowest BCUT2D eigenvalue weighted by molar-refractivity contribution is 0.395. The summed E-state index contributed by atoms with van der Waals surface area (Å²) in [5, 5.41) is 4.20. The van der Waals surface area contributed by atoms with Gasteiger partial charge in [-0.2, -0.15) is 5.10 Å². The minimum atomic E-state index is -3.80. The first-order valence-electron chi connectivity index (χ1n) is 5.81. The minimum Gasteiger partial charge on any atom is -0.481 e. The van der Waals surface area contributed by atoms with E-state index in [1.54, 1.807) is 24.6 Å². The standard InChI is InChI=1S/C12H14ClN3O3S/c1-8-12(20(13,17)18)9(2)16(15-8)7-10-5-4-6-11(14-10)19-3/h4-6H,7H2,1-3H3. The van der Waals surface area contributed by atoms with Gasteiger partial charge in [0, 0.05) is 16.7 Å². The molecule has 2 rings (SSSR count). The highest BCUT2D eigenvalue weighted by molar-refractivity contribution is 8.13. The average Bonchev–Trinajstić information content (AvgIpc) is 2.64. The molecule has 20 heavy (non-hydrogen) atoms. The van der Waals surface area contributed by atoms with E-state index in [2.05, 4.69) is 10.1 Å². The molecule has 2 aromatic rings. The number of ether oxygens (including phenoxy) is 1. The fourth-order valence-corrected chi connectivity index (χ4v) is 3.52. The monoisotopic (exact) mass is 315 g/mol. The molecule has 0 aliphatic carbocycles. The van der Waals surface area contributed by atoms with Crippen LogP contribution in [0.15, 0.2) is 23.1 Å². The van der Waals surface area contributed by atoms with E-state index in [-0.39, 0.29) is 4.90 Å². The number of pyridine rings is 1. The maximum Gasteiger partial charge on any atom is 0.264 e. The fraction of sp³-hybridized carbons (Fsp3) is 0.333. The number of hydrogen-bond acceptors (Lipinski definition) is 5. The van der Waals surface area contributed by atoms with Gasteiger partial charge < -0.3 is 4.74 Å². The van der Waals surface area contributed by atoms with Crippen molar-refractivity contribution in [3.05, 3.63) is 35.3 Å². The van der Waals surface area contributed by atoms with Crippen LogP contribution >= 0.6 is 10.7 Å². The highest BCUT2D eigenvalue weighted by Crippen LogP contribution is 2.23. The molecule has 0 spiro atoms. The number of halogens is 1. The summed E-state index contributed by atoms with van der Waals surface area (Å²) in [5.41, 5.74) is 1.58. The van der Waals surface area contributed by atoms with Crippen molar-refractivity contribution in [2.45, 2.75) is 25.3 Å². The third-order valence-corrected chi connectivity index (χ3v) is 4.40. The van der Waals surface area contributed by atoms with Crippen LogP contribution in [0.3, 0.4) is 0 Å². The lowest BCUT2D eigenvalue weighted by Gasteiger charge is -2.06. The van der Waals surface area contributed by atoms with E-state index in [1.165, 1.54) is 7.11 Å². The molecule has 0 radical (unpaired) electrons. The van der Waals surface area contributed by atoms with Crippen molar-refractivity contribution in [1.82, 2.24) is 14.8 Å². The van der Waals surface area contributed by atoms with E-state index in [4.69, 9.17) is 15.4 Å². The van der Waals surface area contributed by atoms with E-state index in [0.717, 1.165) is 0 Å². The molecule has 0 amide bonds. The molecule has 0 unspecified atom stereocenters. The van der Waals surface area contributed by atoms with Gasteiger partial charge in [0.2, 0.25) is 5.88 Å². The van der Waals surface area contributed by atoms with Gasteiger partial charge in [0.1, 0.15) is 4.90 Å². The number of nitrogens with zero attached hydrogens (tertiary/aromatic N) is 3. The van der Waals surface area contributed by atoms with Crippen LogP contribution in [0.2, 0.25) is 0 Å². The molecule has 0 fully saturated rings. The molecule has 0 aliphatic heterocycles. The third kappa shape index (κ3) is 2.94. The Kier molecular flexibility index (Phi) is 4.01. The fourth-order valence-electron chi connectivity index (χ4n) is 2.00. The first-order chi connectivity index (χ1) is 9.32. The highest BCUT2D eigenvalue weighted by Gasteiger charge is 2.22. The van der Waals surface area contributed by atoms with E-state index in [9.17, 15) is 8.42 Å². The van der Waals surface area contributed by atoms with Crippen molar-refractivity contribution in [2.75, 3.05) is 7.11 Å². The number of hydrogen-bond donors (Lipinski definition) is 0. The quantitative estimate of drug-likeness (QED) is 0.805. The SMILES string of the molecule is COc1cccc(Cn2nc(C)c(S(=O)(=O)Cl)c2C)n1. The van der Waals surface area contributed by atoms with Crippen molar-refractivity contribution >= 4 is 19.7 Å². The second-order valence-corrected chi connectivity index (χ2v) is 6.77. The summed E-state index contributed by atoms with van der Waals surface area (Å²) in [5.74, 6) is 0.495. The average molecular weight is 316 g/mol. The Hall–Kier alpha value is -1.60. The van der Waals surface area contributed by atoms with Crippen LogP contribution in [0, 0.1) is 13.8 Å². The second kappa shape index (κ2) is 5.41. The maximum atomic E-state index is 11.5. The molecule has 0 aromatic carbocycles. The molecule has 8 heteroatoms. The van der Waals surface area contributed by atoms with Gasteiger partial charge in [-0.05, 0) is 19.9 Å². The topological polar surface area (TPSA) is 74.1 Å². The normalized spacial score (nSPS) is 11.6. The zero-order valence-corrected chi connectivity index (χ0v) is 12.9. The van der Waals surface area contributed by atoms with Crippen LogP contribution in [0.5, 0.6) is 5.88 Å².